The largest absolute Gasteiger partial charge is 0.389 e. The van der Waals surface area contributed by atoms with Crippen LogP contribution in [0.25, 0.3) is 0 Å². The van der Waals surface area contributed by atoms with Crippen LogP contribution >= 0.6 is 11.6 Å². The van der Waals surface area contributed by atoms with Crippen LogP contribution < -0.4 is 15.5 Å². The van der Waals surface area contributed by atoms with Crippen LogP contribution in [0.4, 0.5) is 26.7 Å². The SMILES string of the molecule is Cc1cc(NC(=O)N2CC(O)CN2C(=O)Nc2ccc(Cl)cc2)ccc1N1CCCC1=O. The van der Waals surface area contributed by atoms with Crippen molar-refractivity contribution in [2.75, 3.05) is 35.2 Å². The first-order valence-electron chi connectivity index (χ1n) is 10.3. The molecule has 2 aliphatic heterocycles. The van der Waals surface area contributed by atoms with Crippen LogP contribution in [0.15, 0.2) is 42.5 Å². The average molecular weight is 458 g/mol. The molecule has 10 heteroatoms. The molecule has 3 N–H and O–H groups in total. The Balaban J connectivity index is 1.44. The van der Waals surface area contributed by atoms with E-state index in [1.54, 1.807) is 47.4 Å². The van der Waals surface area contributed by atoms with Gasteiger partial charge in [-0.1, -0.05) is 11.6 Å². The Morgan fingerprint density at radius 1 is 1.00 bits per heavy atom. The summed E-state index contributed by atoms with van der Waals surface area (Å²) in [4.78, 5) is 39.3. The highest BCUT2D eigenvalue weighted by molar-refractivity contribution is 6.30. The molecule has 9 nitrogen and oxygen atoms in total. The van der Waals surface area contributed by atoms with Crippen molar-refractivity contribution in [3.8, 4) is 0 Å². The fourth-order valence-corrected chi connectivity index (χ4v) is 4.01. The smallest absolute Gasteiger partial charge is 0.340 e. The quantitative estimate of drug-likeness (QED) is 0.656. The summed E-state index contributed by atoms with van der Waals surface area (Å²) in [5, 5.41) is 18.4. The van der Waals surface area contributed by atoms with Crippen molar-refractivity contribution in [3.05, 3.63) is 53.1 Å². The topological polar surface area (TPSA) is 105 Å². The minimum absolute atomic E-state index is 0.0120. The van der Waals surface area contributed by atoms with E-state index in [0.29, 0.717) is 29.4 Å². The zero-order chi connectivity index (χ0) is 22.8. The number of urea groups is 2. The highest BCUT2D eigenvalue weighted by Gasteiger charge is 2.36. The Bertz CT molecular complexity index is 1050. The number of benzene rings is 2. The fourth-order valence-electron chi connectivity index (χ4n) is 3.89. The highest BCUT2D eigenvalue weighted by atomic mass is 35.5. The molecule has 0 aromatic heterocycles. The molecule has 0 radical (unpaired) electrons. The van der Waals surface area contributed by atoms with Gasteiger partial charge in [0.1, 0.15) is 0 Å². The number of nitrogens with zero attached hydrogens (tertiary/aromatic N) is 3. The second-order valence-corrected chi connectivity index (χ2v) is 8.27. The number of hydrogen-bond donors (Lipinski definition) is 3. The molecule has 2 aromatic rings. The summed E-state index contributed by atoms with van der Waals surface area (Å²) in [5.41, 5.74) is 2.73. The Morgan fingerprint density at radius 2 is 1.59 bits per heavy atom. The van der Waals surface area contributed by atoms with Gasteiger partial charge in [-0.05, 0) is 61.4 Å². The number of aliphatic hydroxyl groups excluding tert-OH is 1. The second kappa shape index (κ2) is 9.05. The molecule has 0 spiro atoms. The maximum Gasteiger partial charge on any atom is 0.340 e. The van der Waals surface area contributed by atoms with Gasteiger partial charge in [0.05, 0.1) is 19.2 Å². The predicted molar refractivity (Wildman–Crippen MR) is 122 cm³/mol. The maximum atomic E-state index is 12.9. The van der Waals surface area contributed by atoms with E-state index < -0.39 is 18.2 Å². The fraction of sp³-hybridized carbons (Fsp3) is 0.318. The average Bonchev–Trinajstić information content (AvgIpc) is 3.35. The molecule has 32 heavy (non-hydrogen) atoms. The minimum Gasteiger partial charge on any atom is -0.389 e. The van der Waals surface area contributed by atoms with Gasteiger partial charge in [0, 0.05) is 35.1 Å². The van der Waals surface area contributed by atoms with Gasteiger partial charge in [0.25, 0.3) is 0 Å². The summed E-state index contributed by atoms with van der Waals surface area (Å²) in [6.07, 6.45) is 0.521. The van der Waals surface area contributed by atoms with Crippen LogP contribution in [0, 0.1) is 6.92 Å². The zero-order valence-corrected chi connectivity index (χ0v) is 18.3. The summed E-state index contributed by atoms with van der Waals surface area (Å²) in [6.45, 7) is 2.54. The summed E-state index contributed by atoms with van der Waals surface area (Å²) in [6, 6.07) is 10.8. The molecule has 0 saturated carbocycles. The van der Waals surface area contributed by atoms with Crippen molar-refractivity contribution in [1.82, 2.24) is 10.0 Å². The third-order valence-corrected chi connectivity index (χ3v) is 5.69. The highest BCUT2D eigenvalue weighted by Crippen LogP contribution is 2.28. The molecule has 1 unspecified atom stereocenters. The van der Waals surface area contributed by atoms with E-state index in [1.165, 1.54) is 10.0 Å². The molecule has 4 rings (SSSR count). The number of halogens is 1. The van der Waals surface area contributed by atoms with Crippen molar-refractivity contribution in [2.45, 2.75) is 25.9 Å². The standard InChI is InChI=1S/C22H24ClN5O4/c1-14-11-17(8-9-19(14)26-10-2-3-20(26)30)25-22(32)28-13-18(29)12-27(28)21(31)24-16-6-4-15(23)5-7-16/h4-9,11,18,29H,2-3,10,12-13H2,1H3,(H,24,31)(H,25,32). The summed E-state index contributed by atoms with van der Waals surface area (Å²) >= 11 is 5.86. The van der Waals surface area contributed by atoms with Gasteiger partial charge >= 0.3 is 12.1 Å². The normalized spacial score (nSPS) is 18.3. The van der Waals surface area contributed by atoms with Gasteiger partial charge < -0.3 is 20.6 Å². The molecule has 2 fully saturated rings. The van der Waals surface area contributed by atoms with E-state index in [1.807, 2.05) is 6.92 Å². The van der Waals surface area contributed by atoms with Gasteiger partial charge in [-0.15, -0.1) is 0 Å². The predicted octanol–water partition coefficient (Wildman–Crippen LogP) is 3.43. The van der Waals surface area contributed by atoms with Crippen molar-refractivity contribution in [1.29, 1.82) is 0 Å². The summed E-state index contributed by atoms with van der Waals surface area (Å²) in [5.74, 6) is 0.0956. The van der Waals surface area contributed by atoms with Crippen molar-refractivity contribution in [3.63, 3.8) is 0 Å². The molecule has 168 valence electrons. The first-order chi connectivity index (χ1) is 15.3. The number of amides is 5. The number of rotatable bonds is 3. The van der Waals surface area contributed by atoms with Crippen LogP contribution in [-0.4, -0.2) is 58.8 Å². The number of aliphatic hydroxyl groups is 1. The first kappa shape index (κ1) is 21.9. The van der Waals surface area contributed by atoms with E-state index in [-0.39, 0.29) is 19.0 Å². The zero-order valence-electron chi connectivity index (χ0n) is 17.5. The number of hydrogen-bond acceptors (Lipinski definition) is 4. The molecule has 2 heterocycles. The van der Waals surface area contributed by atoms with Gasteiger partial charge in [-0.2, -0.15) is 0 Å². The number of carbonyl (C=O) groups is 3. The van der Waals surface area contributed by atoms with E-state index in [9.17, 15) is 19.5 Å². The molecular weight excluding hydrogens is 434 g/mol. The van der Waals surface area contributed by atoms with Gasteiger partial charge in [-0.25, -0.2) is 19.6 Å². The molecule has 0 aliphatic carbocycles. The van der Waals surface area contributed by atoms with Crippen molar-refractivity contribution >= 4 is 46.6 Å². The Hall–Kier alpha value is -3.30. The van der Waals surface area contributed by atoms with Crippen LogP contribution in [0.2, 0.25) is 5.02 Å². The molecular formula is C22H24ClN5O4. The van der Waals surface area contributed by atoms with Gasteiger partial charge in [0.15, 0.2) is 0 Å². The van der Waals surface area contributed by atoms with Crippen molar-refractivity contribution < 1.29 is 19.5 Å². The van der Waals surface area contributed by atoms with Crippen LogP contribution in [0.5, 0.6) is 0 Å². The molecule has 2 aromatic carbocycles. The monoisotopic (exact) mass is 457 g/mol. The molecule has 5 amide bonds. The van der Waals surface area contributed by atoms with Crippen LogP contribution in [0.1, 0.15) is 18.4 Å². The molecule has 2 saturated heterocycles. The van der Waals surface area contributed by atoms with Gasteiger partial charge in [-0.3, -0.25) is 4.79 Å². The van der Waals surface area contributed by atoms with Crippen molar-refractivity contribution in [2.24, 2.45) is 0 Å². The number of carbonyl (C=O) groups excluding carboxylic acids is 3. The number of β-amino-alcohol motifs (C(OH)–C–C–N with tert-alkyl or cyclic N) is 1. The molecule has 2 aliphatic rings. The third-order valence-electron chi connectivity index (χ3n) is 5.44. The number of hydrazine groups is 1. The number of aryl methyl sites for hydroxylation is 1. The van der Waals surface area contributed by atoms with E-state index >= 15 is 0 Å². The van der Waals surface area contributed by atoms with E-state index in [0.717, 1.165) is 17.7 Å². The van der Waals surface area contributed by atoms with Gasteiger partial charge in [0.2, 0.25) is 5.91 Å². The Labute approximate surface area is 190 Å². The molecule has 1 atom stereocenters. The third kappa shape index (κ3) is 4.63. The first-order valence-corrected chi connectivity index (χ1v) is 10.7. The second-order valence-electron chi connectivity index (χ2n) is 7.84. The minimum atomic E-state index is -0.859. The molecule has 0 bridgehead atoms. The lowest BCUT2D eigenvalue weighted by Crippen LogP contribution is -2.48. The summed E-state index contributed by atoms with van der Waals surface area (Å²) in [7, 11) is 0. The van der Waals surface area contributed by atoms with E-state index in [4.69, 9.17) is 11.6 Å². The lowest BCUT2D eigenvalue weighted by molar-refractivity contribution is -0.117. The van der Waals surface area contributed by atoms with Crippen LogP contribution in [-0.2, 0) is 4.79 Å². The Kier molecular flexibility index (Phi) is 6.20. The van der Waals surface area contributed by atoms with Crippen LogP contribution in [0.3, 0.4) is 0 Å². The Morgan fingerprint density at radius 3 is 2.16 bits per heavy atom. The van der Waals surface area contributed by atoms with E-state index in [2.05, 4.69) is 10.6 Å². The maximum absolute atomic E-state index is 12.9. The number of nitrogens with one attached hydrogen (secondary N) is 2. The lowest BCUT2D eigenvalue weighted by Gasteiger charge is -2.28. The summed E-state index contributed by atoms with van der Waals surface area (Å²) < 4.78 is 0. The number of anilines is 3. The lowest BCUT2D eigenvalue weighted by atomic mass is 10.1.